The van der Waals surface area contributed by atoms with Gasteiger partial charge in [0.25, 0.3) is 16.0 Å². The summed E-state index contributed by atoms with van der Waals surface area (Å²) < 4.78 is 35.6. The molecular weight excluding hydrogens is 410 g/mol. The largest absolute Gasteiger partial charge is 0.442 e. The van der Waals surface area contributed by atoms with Crippen molar-refractivity contribution in [1.82, 2.24) is 15.1 Å². The number of aryl methyl sites for hydroxylation is 1. The minimum absolute atomic E-state index is 0.0329. The first kappa shape index (κ1) is 23.5. The summed E-state index contributed by atoms with van der Waals surface area (Å²) in [5.41, 5.74) is 1.55. The zero-order chi connectivity index (χ0) is 22.3. The zero-order valence-corrected chi connectivity index (χ0v) is 17.7. The third-order valence-corrected chi connectivity index (χ3v) is 4.70. The Hall–Kier alpha value is -2.79. The number of aliphatic hydroxyl groups is 1. The SMILES string of the molecule is CC(C)CNC(O)c1nn(-c2ccccc2)c(=O)o1.Cc1ccc(S(=O)(=O)O)cc1. The molecule has 0 saturated heterocycles. The Morgan fingerprint density at radius 1 is 1.10 bits per heavy atom. The van der Waals surface area contributed by atoms with Crippen LogP contribution in [0.2, 0.25) is 0 Å². The van der Waals surface area contributed by atoms with Crippen LogP contribution in [-0.4, -0.2) is 34.4 Å². The molecule has 0 bridgehead atoms. The van der Waals surface area contributed by atoms with Crippen molar-refractivity contribution in [2.24, 2.45) is 5.92 Å². The van der Waals surface area contributed by atoms with Gasteiger partial charge in [-0.25, -0.2) is 4.79 Å². The lowest BCUT2D eigenvalue weighted by Crippen LogP contribution is -2.25. The predicted molar refractivity (Wildman–Crippen MR) is 111 cm³/mol. The number of hydrogen-bond acceptors (Lipinski definition) is 7. The highest BCUT2D eigenvalue weighted by Crippen LogP contribution is 2.09. The molecule has 1 atom stereocenters. The molecule has 1 aromatic heterocycles. The normalized spacial score (nSPS) is 12.3. The number of benzene rings is 2. The quantitative estimate of drug-likeness (QED) is 0.397. The summed E-state index contributed by atoms with van der Waals surface area (Å²) in [4.78, 5) is 11.6. The van der Waals surface area contributed by atoms with Crippen LogP contribution in [-0.2, 0) is 10.1 Å². The van der Waals surface area contributed by atoms with Gasteiger partial charge in [-0.05, 0) is 37.1 Å². The Labute approximate surface area is 174 Å². The molecule has 2 aromatic carbocycles. The number of para-hydroxylation sites is 1. The van der Waals surface area contributed by atoms with Gasteiger partial charge in [-0.1, -0.05) is 49.7 Å². The van der Waals surface area contributed by atoms with Crippen LogP contribution in [0, 0.1) is 12.8 Å². The molecule has 0 aliphatic carbocycles. The van der Waals surface area contributed by atoms with E-state index in [-0.39, 0.29) is 10.8 Å². The van der Waals surface area contributed by atoms with Gasteiger partial charge in [-0.15, -0.1) is 5.10 Å². The van der Waals surface area contributed by atoms with E-state index in [1.54, 1.807) is 36.4 Å². The van der Waals surface area contributed by atoms with Gasteiger partial charge in [-0.3, -0.25) is 9.87 Å². The molecular formula is C20H25N3O6S. The third-order valence-electron chi connectivity index (χ3n) is 3.84. The standard InChI is InChI=1S/C13H17N3O3.C7H8O3S/c1-9(2)8-14-11(17)12-15-16(13(18)19-12)10-6-4-3-5-7-10;1-6-2-4-7(5-3-6)11(8,9)10/h3-7,9,11,14,17H,8H2,1-2H3;2-5H,1H3,(H,8,9,10). The van der Waals surface area contributed by atoms with Crippen molar-refractivity contribution in [3.63, 3.8) is 0 Å². The first-order valence-corrected chi connectivity index (χ1v) is 10.6. The van der Waals surface area contributed by atoms with Gasteiger partial charge in [0, 0.05) is 6.54 Å². The number of hydrogen-bond donors (Lipinski definition) is 3. The molecule has 1 heterocycles. The Morgan fingerprint density at radius 2 is 1.70 bits per heavy atom. The van der Waals surface area contributed by atoms with Crippen LogP contribution in [0.4, 0.5) is 0 Å². The van der Waals surface area contributed by atoms with Gasteiger partial charge in [0.2, 0.25) is 0 Å². The maximum Gasteiger partial charge on any atom is 0.442 e. The summed E-state index contributed by atoms with van der Waals surface area (Å²) in [6.07, 6.45) is -1.08. The molecule has 0 aliphatic rings. The van der Waals surface area contributed by atoms with E-state index in [2.05, 4.69) is 10.4 Å². The second kappa shape index (κ2) is 10.3. The maximum absolute atomic E-state index is 11.7. The van der Waals surface area contributed by atoms with Gasteiger partial charge in [0.15, 0.2) is 6.23 Å². The van der Waals surface area contributed by atoms with Gasteiger partial charge < -0.3 is 9.52 Å². The van der Waals surface area contributed by atoms with Crippen LogP contribution >= 0.6 is 0 Å². The number of aliphatic hydroxyl groups excluding tert-OH is 1. The molecule has 3 rings (SSSR count). The van der Waals surface area contributed by atoms with Crippen LogP contribution in [0.15, 0.2) is 68.7 Å². The summed E-state index contributed by atoms with van der Waals surface area (Å²) in [6.45, 7) is 6.47. The Kier molecular flexibility index (Phi) is 8.07. The lowest BCUT2D eigenvalue weighted by Gasteiger charge is -2.10. The Bertz CT molecular complexity index is 1090. The molecule has 3 N–H and O–H groups in total. The van der Waals surface area contributed by atoms with Gasteiger partial charge in [0.05, 0.1) is 10.6 Å². The summed E-state index contributed by atoms with van der Waals surface area (Å²) >= 11 is 0. The van der Waals surface area contributed by atoms with Crippen molar-refractivity contribution in [2.75, 3.05) is 6.54 Å². The fourth-order valence-corrected chi connectivity index (χ4v) is 2.76. The molecule has 0 spiro atoms. The highest BCUT2D eigenvalue weighted by atomic mass is 32.2. The van der Waals surface area contributed by atoms with Crippen molar-refractivity contribution in [3.8, 4) is 5.69 Å². The fourth-order valence-electron chi connectivity index (χ4n) is 2.28. The van der Waals surface area contributed by atoms with Crippen molar-refractivity contribution >= 4 is 10.1 Å². The molecule has 162 valence electrons. The van der Waals surface area contributed by atoms with E-state index in [0.717, 1.165) is 10.2 Å². The average Bonchev–Trinajstić information content (AvgIpc) is 3.09. The lowest BCUT2D eigenvalue weighted by molar-refractivity contribution is 0.103. The number of nitrogens with one attached hydrogen (secondary N) is 1. The van der Waals surface area contributed by atoms with Crippen LogP contribution in [0.1, 0.15) is 31.5 Å². The van der Waals surface area contributed by atoms with E-state index in [1.165, 1.54) is 12.1 Å². The van der Waals surface area contributed by atoms with Crippen LogP contribution in [0.5, 0.6) is 0 Å². The first-order valence-electron chi connectivity index (χ1n) is 9.19. The average molecular weight is 436 g/mol. The minimum Gasteiger partial charge on any atom is -0.388 e. The summed E-state index contributed by atoms with van der Waals surface area (Å²) in [5, 5.41) is 16.7. The van der Waals surface area contributed by atoms with Gasteiger partial charge in [0.1, 0.15) is 0 Å². The highest BCUT2D eigenvalue weighted by Gasteiger charge is 2.17. The molecule has 10 heteroatoms. The molecule has 0 saturated carbocycles. The number of rotatable bonds is 6. The molecule has 1 unspecified atom stereocenters. The highest BCUT2D eigenvalue weighted by molar-refractivity contribution is 7.85. The number of nitrogens with zero attached hydrogens (tertiary/aromatic N) is 2. The van der Waals surface area contributed by atoms with E-state index in [4.69, 9.17) is 8.97 Å². The monoisotopic (exact) mass is 435 g/mol. The smallest absolute Gasteiger partial charge is 0.388 e. The second-order valence-corrected chi connectivity index (χ2v) is 8.37. The van der Waals surface area contributed by atoms with Crippen molar-refractivity contribution in [1.29, 1.82) is 0 Å². The van der Waals surface area contributed by atoms with E-state index in [1.807, 2.05) is 26.8 Å². The van der Waals surface area contributed by atoms with E-state index in [9.17, 15) is 18.3 Å². The fraction of sp³-hybridized carbons (Fsp3) is 0.300. The number of aromatic nitrogens is 2. The van der Waals surface area contributed by atoms with Gasteiger partial charge >= 0.3 is 5.76 Å². The van der Waals surface area contributed by atoms with Gasteiger partial charge in [-0.2, -0.15) is 13.1 Å². The molecule has 0 aliphatic heterocycles. The summed E-state index contributed by atoms with van der Waals surface area (Å²) in [5.74, 6) is -0.279. The molecule has 0 fully saturated rings. The predicted octanol–water partition coefficient (Wildman–Crippen LogP) is 2.30. The maximum atomic E-state index is 11.7. The third kappa shape index (κ3) is 6.92. The van der Waals surface area contributed by atoms with Crippen LogP contribution in [0.3, 0.4) is 0 Å². The summed E-state index contributed by atoms with van der Waals surface area (Å²) in [7, 11) is -4.02. The summed E-state index contributed by atoms with van der Waals surface area (Å²) in [6, 6.07) is 14.9. The van der Waals surface area contributed by atoms with Crippen molar-refractivity contribution in [3.05, 3.63) is 76.6 Å². The van der Waals surface area contributed by atoms with Crippen molar-refractivity contribution < 1.29 is 22.5 Å². The van der Waals surface area contributed by atoms with E-state index >= 15 is 0 Å². The van der Waals surface area contributed by atoms with Crippen LogP contribution < -0.4 is 11.1 Å². The van der Waals surface area contributed by atoms with Crippen molar-refractivity contribution in [2.45, 2.75) is 31.9 Å². The van der Waals surface area contributed by atoms with E-state index < -0.39 is 22.1 Å². The molecule has 9 nitrogen and oxygen atoms in total. The minimum atomic E-state index is -4.02. The topological polar surface area (TPSA) is 135 Å². The molecule has 30 heavy (non-hydrogen) atoms. The second-order valence-electron chi connectivity index (χ2n) is 6.95. The first-order chi connectivity index (χ1) is 14.1. The molecule has 0 radical (unpaired) electrons. The Morgan fingerprint density at radius 3 is 2.23 bits per heavy atom. The molecule has 0 amide bonds. The lowest BCUT2D eigenvalue weighted by atomic mass is 10.2. The Balaban J connectivity index is 0.000000248. The van der Waals surface area contributed by atoms with Crippen LogP contribution in [0.25, 0.3) is 5.69 Å². The zero-order valence-electron chi connectivity index (χ0n) is 16.9. The van der Waals surface area contributed by atoms with E-state index in [0.29, 0.717) is 18.2 Å². The molecule has 3 aromatic rings.